The highest BCUT2D eigenvalue weighted by Crippen LogP contribution is 2.26. The van der Waals surface area contributed by atoms with Crippen LogP contribution in [0.5, 0.6) is 0 Å². The molecule has 0 saturated carbocycles. The molecule has 14 heavy (non-hydrogen) atoms. The van der Waals surface area contributed by atoms with E-state index in [2.05, 4.69) is 53.1 Å². The van der Waals surface area contributed by atoms with E-state index in [0.717, 1.165) is 6.42 Å². The summed E-state index contributed by atoms with van der Waals surface area (Å²) in [7, 11) is -3.03. The lowest BCUT2D eigenvalue weighted by Gasteiger charge is -2.39. The fourth-order valence-corrected chi connectivity index (χ4v) is 4.51. The van der Waals surface area contributed by atoms with Crippen LogP contribution in [0.1, 0.15) is 20.3 Å². The molecule has 0 aliphatic heterocycles. The minimum Gasteiger partial charge on any atom is -0.392 e. The second-order valence-corrected chi connectivity index (χ2v) is 14.8. The van der Waals surface area contributed by atoms with Gasteiger partial charge in [0.2, 0.25) is 0 Å². The fourth-order valence-electron chi connectivity index (χ4n) is 1.46. The summed E-state index contributed by atoms with van der Waals surface area (Å²) in [4.78, 5) is 0. The largest absolute Gasteiger partial charge is 0.392 e. The standard InChI is InChI=1S/C10H26O2Si2/c1-9-10(2,11-13(3,4)5)12-14(6,7)8/h9H2,1-8H3. The molecule has 0 aliphatic rings. The molecule has 0 aliphatic carbocycles. The Labute approximate surface area is 91.3 Å². The Morgan fingerprint density at radius 1 is 0.857 bits per heavy atom. The summed E-state index contributed by atoms with van der Waals surface area (Å²) in [5, 5.41) is 0. The van der Waals surface area contributed by atoms with E-state index in [0.29, 0.717) is 0 Å². The highest BCUT2D eigenvalue weighted by Gasteiger charge is 2.34. The van der Waals surface area contributed by atoms with E-state index >= 15 is 0 Å². The predicted octanol–water partition coefficient (Wildman–Crippen LogP) is 3.82. The maximum atomic E-state index is 6.10. The lowest BCUT2D eigenvalue weighted by atomic mass is 10.3. The summed E-state index contributed by atoms with van der Waals surface area (Å²) in [6, 6.07) is 0. The Balaban J connectivity index is 4.49. The zero-order valence-electron chi connectivity index (χ0n) is 11.0. The van der Waals surface area contributed by atoms with E-state index in [-0.39, 0.29) is 5.79 Å². The van der Waals surface area contributed by atoms with Crippen LogP contribution in [0, 0.1) is 0 Å². The van der Waals surface area contributed by atoms with E-state index in [1.165, 1.54) is 0 Å². The van der Waals surface area contributed by atoms with Crippen molar-refractivity contribution in [2.75, 3.05) is 0 Å². The number of hydrogen-bond donors (Lipinski definition) is 0. The van der Waals surface area contributed by atoms with Gasteiger partial charge < -0.3 is 8.85 Å². The number of hydrogen-bond acceptors (Lipinski definition) is 2. The van der Waals surface area contributed by atoms with Crippen molar-refractivity contribution in [1.82, 2.24) is 0 Å². The van der Waals surface area contributed by atoms with Crippen LogP contribution in [0.15, 0.2) is 0 Å². The highest BCUT2D eigenvalue weighted by molar-refractivity contribution is 6.71. The van der Waals surface area contributed by atoms with E-state index in [1.54, 1.807) is 0 Å². The maximum absolute atomic E-state index is 6.10. The van der Waals surface area contributed by atoms with E-state index in [1.807, 2.05) is 0 Å². The summed E-state index contributed by atoms with van der Waals surface area (Å²) in [5.41, 5.74) is 0. The van der Waals surface area contributed by atoms with Gasteiger partial charge in [-0.25, -0.2) is 0 Å². The van der Waals surface area contributed by atoms with Crippen LogP contribution in [0.25, 0.3) is 0 Å². The van der Waals surface area contributed by atoms with E-state index in [9.17, 15) is 0 Å². The molecule has 0 saturated heterocycles. The molecule has 0 spiro atoms. The second kappa shape index (κ2) is 4.47. The molecule has 0 atom stereocenters. The molecule has 0 radical (unpaired) electrons. The molecule has 0 heterocycles. The summed E-state index contributed by atoms with van der Waals surface area (Å²) in [6.07, 6.45) is 0.918. The van der Waals surface area contributed by atoms with Gasteiger partial charge in [0.25, 0.3) is 0 Å². The van der Waals surface area contributed by atoms with Crippen molar-refractivity contribution in [1.29, 1.82) is 0 Å². The van der Waals surface area contributed by atoms with Crippen molar-refractivity contribution in [3.63, 3.8) is 0 Å². The fraction of sp³-hybridized carbons (Fsp3) is 1.00. The van der Waals surface area contributed by atoms with Crippen molar-refractivity contribution in [3.8, 4) is 0 Å². The Kier molecular flexibility index (Phi) is 4.58. The lowest BCUT2D eigenvalue weighted by molar-refractivity contribution is -0.113. The maximum Gasteiger partial charge on any atom is 0.187 e. The first kappa shape index (κ1) is 14.4. The molecule has 0 amide bonds. The molecule has 86 valence electrons. The van der Waals surface area contributed by atoms with E-state index < -0.39 is 16.6 Å². The monoisotopic (exact) mass is 234 g/mol. The first-order valence-electron chi connectivity index (χ1n) is 5.38. The zero-order chi connectivity index (χ0) is 11.6. The molecular formula is C10H26O2Si2. The molecule has 4 heteroatoms. The Hall–Kier alpha value is 0.354. The average Bonchev–Trinajstić information content (AvgIpc) is 1.78. The van der Waals surface area contributed by atoms with Crippen molar-refractivity contribution < 1.29 is 8.85 Å². The van der Waals surface area contributed by atoms with Gasteiger partial charge in [-0.05, 0) is 52.6 Å². The third kappa shape index (κ3) is 6.76. The second-order valence-electron chi connectivity index (χ2n) is 5.92. The third-order valence-electron chi connectivity index (χ3n) is 1.69. The molecule has 0 aromatic carbocycles. The number of rotatable bonds is 5. The SMILES string of the molecule is CCC(C)(O[Si](C)(C)C)O[Si](C)(C)C. The molecular weight excluding hydrogens is 208 g/mol. The van der Waals surface area contributed by atoms with Crippen molar-refractivity contribution >= 4 is 16.6 Å². The van der Waals surface area contributed by atoms with Crippen LogP contribution in [0.3, 0.4) is 0 Å². The first-order chi connectivity index (χ1) is 5.97. The Morgan fingerprint density at radius 3 is 1.29 bits per heavy atom. The van der Waals surface area contributed by atoms with Gasteiger partial charge in [0, 0.05) is 0 Å². The van der Waals surface area contributed by atoms with Gasteiger partial charge in [-0.1, -0.05) is 6.92 Å². The normalized spacial score (nSPS) is 14.6. The quantitative estimate of drug-likeness (QED) is 0.532. The van der Waals surface area contributed by atoms with E-state index in [4.69, 9.17) is 8.85 Å². The molecule has 0 rings (SSSR count). The van der Waals surface area contributed by atoms with Crippen LogP contribution in [-0.2, 0) is 8.85 Å². The third-order valence-corrected chi connectivity index (χ3v) is 3.77. The zero-order valence-corrected chi connectivity index (χ0v) is 13.0. The summed E-state index contributed by atoms with van der Waals surface area (Å²) >= 11 is 0. The van der Waals surface area contributed by atoms with Gasteiger partial charge in [0.15, 0.2) is 16.6 Å². The molecule has 0 aromatic heterocycles. The molecule has 0 N–H and O–H groups in total. The van der Waals surface area contributed by atoms with Crippen LogP contribution in [0.4, 0.5) is 0 Å². The summed E-state index contributed by atoms with van der Waals surface area (Å²) in [6.45, 7) is 17.4. The van der Waals surface area contributed by atoms with Gasteiger partial charge in [-0.15, -0.1) is 0 Å². The van der Waals surface area contributed by atoms with Crippen molar-refractivity contribution in [3.05, 3.63) is 0 Å². The van der Waals surface area contributed by atoms with Gasteiger partial charge in [0.1, 0.15) is 5.79 Å². The Bertz CT molecular complexity index is 164. The predicted molar refractivity (Wildman–Crippen MR) is 67.6 cm³/mol. The van der Waals surface area contributed by atoms with Gasteiger partial charge in [-0.3, -0.25) is 0 Å². The first-order valence-corrected chi connectivity index (χ1v) is 12.2. The van der Waals surface area contributed by atoms with Gasteiger partial charge in [0.05, 0.1) is 0 Å². The van der Waals surface area contributed by atoms with Crippen molar-refractivity contribution in [2.24, 2.45) is 0 Å². The van der Waals surface area contributed by atoms with Crippen LogP contribution in [-0.4, -0.2) is 22.4 Å². The molecule has 0 aromatic rings. The van der Waals surface area contributed by atoms with Crippen LogP contribution >= 0.6 is 0 Å². The molecule has 0 fully saturated rings. The average molecular weight is 234 g/mol. The molecule has 0 unspecified atom stereocenters. The molecule has 2 nitrogen and oxygen atoms in total. The molecule has 0 bridgehead atoms. The summed E-state index contributed by atoms with van der Waals surface area (Å²) in [5.74, 6) is -0.366. The van der Waals surface area contributed by atoms with Crippen molar-refractivity contribution in [2.45, 2.75) is 65.3 Å². The van der Waals surface area contributed by atoms with Crippen LogP contribution in [0.2, 0.25) is 39.3 Å². The highest BCUT2D eigenvalue weighted by atomic mass is 28.4. The Morgan fingerprint density at radius 2 is 1.14 bits per heavy atom. The summed E-state index contributed by atoms with van der Waals surface area (Å²) < 4.78 is 12.2. The lowest BCUT2D eigenvalue weighted by Crippen LogP contribution is -2.47. The minimum atomic E-state index is -1.52. The smallest absolute Gasteiger partial charge is 0.187 e. The van der Waals surface area contributed by atoms with Crippen LogP contribution < -0.4 is 0 Å². The topological polar surface area (TPSA) is 18.5 Å². The minimum absolute atomic E-state index is 0.366. The van der Waals surface area contributed by atoms with Gasteiger partial charge in [-0.2, -0.15) is 0 Å². The van der Waals surface area contributed by atoms with Gasteiger partial charge >= 0.3 is 0 Å².